The summed E-state index contributed by atoms with van der Waals surface area (Å²) in [4.78, 5) is 12.3. The van der Waals surface area contributed by atoms with Crippen LogP contribution in [0.2, 0.25) is 5.02 Å². The molecule has 0 fully saturated rings. The molecule has 0 saturated heterocycles. The fourth-order valence-corrected chi connectivity index (χ4v) is 2.40. The molecule has 1 heterocycles. The van der Waals surface area contributed by atoms with Crippen molar-refractivity contribution in [3.63, 3.8) is 0 Å². The molecular formula is C16H14ClNO3. The lowest BCUT2D eigenvalue weighted by atomic mass is 10.1. The van der Waals surface area contributed by atoms with E-state index < -0.39 is 0 Å². The van der Waals surface area contributed by atoms with Crippen molar-refractivity contribution in [2.75, 3.05) is 18.5 Å². The van der Waals surface area contributed by atoms with E-state index in [9.17, 15) is 4.79 Å². The average Bonchev–Trinajstić information content (AvgIpc) is 2.46. The van der Waals surface area contributed by atoms with Gasteiger partial charge in [-0.1, -0.05) is 23.7 Å². The number of aryl methyl sites for hydroxylation is 1. The van der Waals surface area contributed by atoms with Gasteiger partial charge in [0.05, 0.1) is 10.6 Å². The summed E-state index contributed by atoms with van der Waals surface area (Å²) >= 11 is 6.16. The molecule has 108 valence electrons. The molecule has 1 N–H and O–H groups in total. The van der Waals surface area contributed by atoms with Crippen LogP contribution in [0.4, 0.5) is 5.69 Å². The highest BCUT2D eigenvalue weighted by molar-refractivity contribution is 6.34. The number of amides is 1. The fourth-order valence-electron chi connectivity index (χ4n) is 2.16. The number of hydrogen-bond acceptors (Lipinski definition) is 3. The van der Waals surface area contributed by atoms with Gasteiger partial charge in [-0.15, -0.1) is 0 Å². The first-order valence-electron chi connectivity index (χ1n) is 6.60. The minimum Gasteiger partial charge on any atom is -0.486 e. The van der Waals surface area contributed by atoms with Crippen molar-refractivity contribution in [3.05, 3.63) is 52.5 Å². The number of carbonyl (C=O) groups excluding carboxylic acids is 1. The van der Waals surface area contributed by atoms with Crippen molar-refractivity contribution in [2.45, 2.75) is 6.92 Å². The van der Waals surface area contributed by atoms with Gasteiger partial charge < -0.3 is 14.8 Å². The molecule has 2 aromatic rings. The normalized spacial score (nSPS) is 12.9. The van der Waals surface area contributed by atoms with Crippen LogP contribution in [0.3, 0.4) is 0 Å². The molecule has 0 aliphatic carbocycles. The topological polar surface area (TPSA) is 47.6 Å². The molecule has 4 nitrogen and oxygen atoms in total. The van der Waals surface area contributed by atoms with E-state index in [1.807, 2.05) is 31.2 Å². The molecule has 0 saturated carbocycles. The summed E-state index contributed by atoms with van der Waals surface area (Å²) in [7, 11) is 0. The van der Waals surface area contributed by atoms with Gasteiger partial charge in [0.25, 0.3) is 5.91 Å². The second kappa shape index (κ2) is 5.66. The van der Waals surface area contributed by atoms with Crippen molar-refractivity contribution in [2.24, 2.45) is 0 Å². The Bertz CT molecular complexity index is 700. The summed E-state index contributed by atoms with van der Waals surface area (Å²) in [6.45, 7) is 2.92. The highest BCUT2D eigenvalue weighted by Crippen LogP contribution is 2.35. The van der Waals surface area contributed by atoms with Gasteiger partial charge in [-0.3, -0.25) is 4.79 Å². The summed E-state index contributed by atoms with van der Waals surface area (Å²) in [6.07, 6.45) is 0. The van der Waals surface area contributed by atoms with E-state index in [2.05, 4.69) is 5.32 Å². The Labute approximate surface area is 127 Å². The third-order valence-corrected chi connectivity index (χ3v) is 3.47. The van der Waals surface area contributed by atoms with Crippen LogP contribution < -0.4 is 14.8 Å². The van der Waals surface area contributed by atoms with Crippen molar-refractivity contribution >= 4 is 23.2 Å². The highest BCUT2D eigenvalue weighted by atomic mass is 35.5. The second-order valence-electron chi connectivity index (χ2n) is 4.80. The Hall–Kier alpha value is -2.20. The molecule has 5 heteroatoms. The zero-order chi connectivity index (χ0) is 14.8. The summed E-state index contributed by atoms with van der Waals surface area (Å²) in [6, 6.07) is 10.8. The minimum absolute atomic E-state index is 0.275. The number of benzene rings is 2. The molecule has 0 aromatic heterocycles. The Kier molecular flexibility index (Phi) is 3.71. The van der Waals surface area contributed by atoms with Gasteiger partial charge >= 0.3 is 0 Å². The van der Waals surface area contributed by atoms with Crippen LogP contribution >= 0.6 is 11.6 Å². The van der Waals surface area contributed by atoms with Crippen molar-refractivity contribution in [1.29, 1.82) is 0 Å². The smallest absolute Gasteiger partial charge is 0.257 e. The predicted molar refractivity (Wildman–Crippen MR) is 81.6 cm³/mol. The maximum Gasteiger partial charge on any atom is 0.257 e. The SMILES string of the molecule is Cc1cccc(NC(=O)c2cc3c(cc2Cl)OCCO3)c1. The van der Waals surface area contributed by atoms with E-state index in [0.29, 0.717) is 35.3 Å². The lowest BCUT2D eigenvalue weighted by Crippen LogP contribution is -2.17. The summed E-state index contributed by atoms with van der Waals surface area (Å²) in [5.74, 6) is 0.834. The fraction of sp³-hybridized carbons (Fsp3) is 0.188. The van der Waals surface area contributed by atoms with Crippen LogP contribution in [0.25, 0.3) is 0 Å². The van der Waals surface area contributed by atoms with Crippen LogP contribution in [0.1, 0.15) is 15.9 Å². The van der Waals surface area contributed by atoms with Crippen molar-refractivity contribution in [1.82, 2.24) is 0 Å². The Balaban J connectivity index is 1.87. The van der Waals surface area contributed by atoms with Crippen molar-refractivity contribution in [3.8, 4) is 11.5 Å². The van der Waals surface area contributed by atoms with E-state index in [4.69, 9.17) is 21.1 Å². The van der Waals surface area contributed by atoms with Gasteiger partial charge in [0.15, 0.2) is 11.5 Å². The Morgan fingerprint density at radius 2 is 1.86 bits per heavy atom. The number of rotatable bonds is 2. The predicted octanol–water partition coefficient (Wildman–Crippen LogP) is 3.67. The first-order valence-corrected chi connectivity index (χ1v) is 6.98. The van der Waals surface area contributed by atoms with Crippen LogP contribution in [-0.2, 0) is 0 Å². The largest absolute Gasteiger partial charge is 0.486 e. The number of halogens is 1. The molecule has 1 amide bonds. The van der Waals surface area contributed by atoms with Crippen LogP contribution in [-0.4, -0.2) is 19.1 Å². The first kappa shape index (κ1) is 13.8. The second-order valence-corrected chi connectivity index (χ2v) is 5.21. The van der Waals surface area contributed by atoms with E-state index in [0.717, 1.165) is 11.3 Å². The van der Waals surface area contributed by atoms with Gasteiger partial charge in [-0.2, -0.15) is 0 Å². The van der Waals surface area contributed by atoms with Gasteiger partial charge in [0.2, 0.25) is 0 Å². The highest BCUT2D eigenvalue weighted by Gasteiger charge is 2.19. The van der Waals surface area contributed by atoms with Crippen molar-refractivity contribution < 1.29 is 14.3 Å². The lowest BCUT2D eigenvalue weighted by molar-refractivity contribution is 0.102. The number of carbonyl (C=O) groups is 1. The average molecular weight is 304 g/mol. The third-order valence-electron chi connectivity index (χ3n) is 3.15. The summed E-state index contributed by atoms with van der Waals surface area (Å²) in [5.41, 5.74) is 2.16. The van der Waals surface area contributed by atoms with Gasteiger partial charge in [0, 0.05) is 11.8 Å². The molecule has 0 unspecified atom stereocenters. The molecule has 1 aliphatic rings. The van der Waals surface area contributed by atoms with E-state index in [1.54, 1.807) is 12.1 Å². The maximum atomic E-state index is 12.3. The molecule has 2 aromatic carbocycles. The molecule has 3 rings (SSSR count). The molecule has 0 spiro atoms. The molecule has 0 radical (unpaired) electrons. The lowest BCUT2D eigenvalue weighted by Gasteiger charge is -2.19. The van der Waals surface area contributed by atoms with Gasteiger partial charge in [-0.05, 0) is 30.7 Å². The number of anilines is 1. The third kappa shape index (κ3) is 2.95. The van der Waals surface area contributed by atoms with Crippen LogP contribution in [0, 0.1) is 6.92 Å². The molecule has 21 heavy (non-hydrogen) atoms. The number of hydrogen-bond donors (Lipinski definition) is 1. The van der Waals surface area contributed by atoms with Crippen LogP contribution in [0.5, 0.6) is 11.5 Å². The van der Waals surface area contributed by atoms with E-state index in [-0.39, 0.29) is 5.91 Å². The van der Waals surface area contributed by atoms with Crippen LogP contribution in [0.15, 0.2) is 36.4 Å². The number of ether oxygens (including phenoxy) is 2. The number of nitrogens with one attached hydrogen (secondary N) is 1. The summed E-state index contributed by atoms with van der Waals surface area (Å²) in [5, 5.41) is 3.16. The molecular weight excluding hydrogens is 290 g/mol. The van der Waals surface area contributed by atoms with Gasteiger partial charge in [-0.25, -0.2) is 0 Å². The summed E-state index contributed by atoms with van der Waals surface area (Å²) < 4.78 is 10.9. The minimum atomic E-state index is -0.275. The van der Waals surface area contributed by atoms with Gasteiger partial charge in [0.1, 0.15) is 13.2 Å². The van der Waals surface area contributed by atoms with E-state index >= 15 is 0 Å². The monoisotopic (exact) mass is 303 g/mol. The molecule has 1 aliphatic heterocycles. The van der Waals surface area contributed by atoms with E-state index in [1.165, 1.54) is 0 Å². The quantitative estimate of drug-likeness (QED) is 0.921. The maximum absolute atomic E-state index is 12.3. The standard InChI is InChI=1S/C16H14ClNO3/c1-10-3-2-4-11(7-10)18-16(19)12-8-14-15(9-13(12)17)21-6-5-20-14/h2-4,7-9H,5-6H2,1H3,(H,18,19). The Morgan fingerprint density at radius 1 is 1.14 bits per heavy atom. The zero-order valence-electron chi connectivity index (χ0n) is 11.5. The number of fused-ring (bicyclic) bond motifs is 1. The Morgan fingerprint density at radius 3 is 2.57 bits per heavy atom. The first-order chi connectivity index (χ1) is 10.1. The molecule has 0 bridgehead atoms. The molecule has 0 atom stereocenters. The zero-order valence-corrected chi connectivity index (χ0v) is 12.2.